The van der Waals surface area contributed by atoms with Gasteiger partial charge >= 0.3 is 0 Å². The number of hydrogen-bond acceptors (Lipinski definition) is 2. The minimum absolute atomic E-state index is 0.134. The highest BCUT2D eigenvalue weighted by molar-refractivity contribution is 6.04. The Bertz CT molecular complexity index is 813. The van der Waals surface area contributed by atoms with Gasteiger partial charge in [-0.1, -0.05) is 42.0 Å². The van der Waals surface area contributed by atoms with Crippen LogP contribution in [0.2, 0.25) is 0 Å². The van der Waals surface area contributed by atoms with Crippen LogP contribution in [0.3, 0.4) is 0 Å². The molecule has 0 radical (unpaired) electrons. The third-order valence-electron chi connectivity index (χ3n) is 3.35. The van der Waals surface area contributed by atoms with E-state index in [1.807, 2.05) is 73.7 Å². The molecule has 0 aliphatic carbocycles. The molecule has 0 saturated heterocycles. The zero-order valence-corrected chi connectivity index (χ0v) is 12.8. The molecule has 0 spiro atoms. The molecule has 114 valence electrons. The van der Waals surface area contributed by atoms with Gasteiger partial charge in [0.2, 0.25) is 0 Å². The van der Waals surface area contributed by atoms with Gasteiger partial charge in [-0.2, -0.15) is 0 Å². The van der Waals surface area contributed by atoms with Crippen LogP contribution in [0.1, 0.15) is 15.9 Å². The molecule has 0 saturated carbocycles. The maximum Gasteiger partial charge on any atom is 0.255 e. The Balaban J connectivity index is 1.74. The van der Waals surface area contributed by atoms with Gasteiger partial charge in [-0.3, -0.25) is 4.79 Å². The van der Waals surface area contributed by atoms with Gasteiger partial charge in [0, 0.05) is 17.3 Å². The number of anilines is 1. The molecule has 0 unspecified atom stereocenters. The van der Waals surface area contributed by atoms with Gasteiger partial charge in [0.25, 0.3) is 5.91 Å². The number of carbonyl (C=O) groups is 1. The lowest BCUT2D eigenvalue weighted by atomic mass is 10.1. The first-order chi connectivity index (χ1) is 11.2. The Morgan fingerprint density at radius 2 is 1.57 bits per heavy atom. The van der Waals surface area contributed by atoms with E-state index < -0.39 is 0 Å². The van der Waals surface area contributed by atoms with Crippen molar-refractivity contribution in [3.63, 3.8) is 0 Å². The number of nitrogens with one attached hydrogen (secondary N) is 1. The Kier molecular flexibility index (Phi) is 4.39. The molecule has 0 bridgehead atoms. The molecule has 0 heterocycles. The second-order valence-electron chi connectivity index (χ2n) is 5.27. The van der Waals surface area contributed by atoms with Crippen LogP contribution in [0.25, 0.3) is 0 Å². The third-order valence-corrected chi connectivity index (χ3v) is 3.35. The topological polar surface area (TPSA) is 38.3 Å². The molecule has 23 heavy (non-hydrogen) atoms. The van der Waals surface area contributed by atoms with E-state index in [0.717, 1.165) is 11.3 Å². The predicted octanol–water partition coefficient (Wildman–Crippen LogP) is 5.04. The zero-order chi connectivity index (χ0) is 16.1. The summed E-state index contributed by atoms with van der Waals surface area (Å²) in [5.41, 5.74) is 2.39. The summed E-state index contributed by atoms with van der Waals surface area (Å²) in [6.07, 6.45) is 0. The van der Waals surface area contributed by atoms with E-state index in [1.165, 1.54) is 0 Å². The smallest absolute Gasteiger partial charge is 0.255 e. The monoisotopic (exact) mass is 303 g/mol. The molecule has 3 nitrogen and oxygen atoms in total. The van der Waals surface area contributed by atoms with Gasteiger partial charge in [0.15, 0.2) is 0 Å². The van der Waals surface area contributed by atoms with Crippen molar-refractivity contribution in [1.82, 2.24) is 0 Å². The fourth-order valence-electron chi connectivity index (χ4n) is 2.25. The quantitative estimate of drug-likeness (QED) is 0.733. The van der Waals surface area contributed by atoms with Gasteiger partial charge in [-0.15, -0.1) is 0 Å². The predicted molar refractivity (Wildman–Crippen MR) is 92.1 cm³/mol. The Morgan fingerprint density at radius 3 is 2.35 bits per heavy atom. The highest BCUT2D eigenvalue weighted by atomic mass is 16.5. The van der Waals surface area contributed by atoms with E-state index in [0.29, 0.717) is 17.0 Å². The van der Waals surface area contributed by atoms with Crippen molar-refractivity contribution in [2.45, 2.75) is 6.92 Å². The van der Waals surface area contributed by atoms with Crippen LogP contribution < -0.4 is 10.1 Å². The van der Waals surface area contributed by atoms with Crippen molar-refractivity contribution >= 4 is 11.6 Å². The Hall–Kier alpha value is -3.07. The molecule has 0 atom stereocenters. The van der Waals surface area contributed by atoms with Gasteiger partial charge < -0.3 is 10.1 Å². The zero-order valence-electron chi connectivity index (χ0n) is 12.8. The summed E-state index contributed by atoms with van der Waals surface area (Å²) in [7, 11) is 0. The molecule has 3 rings (SSSR count). The van der Waals surface area contributed by atoms with Crippen LogP contribution in [0.5, 0.6) is 11.5 Å². The fraction of sp³-hybridized carbons (Fsp3) is 0.0500. The summed E-state index contributed by atoms with van der Waals surface area (Å²) in [6.45, 7) is 1.96. The van der Waals surface area contributed by atoms with Gasteiger partial charge in [0.05, 0.1) is 0 Å². The minimum atomic E-state index is -0.134. The van der Waals surface area contributed by atoms with E-state index in [9.17, 15) is 4.79 Å². The van der Waals surface area contributed by atoms with Crippen LogP contribution in [0.15, 0.2) is 78.9 Å². The second kappa shape index (κ2) is 6.79. The standard InChI is InChI=1S/C20H17NO2/c1-15-7-5-8-16(13-15)20(22)21-17-9-6-12-19(14-17)23-18-10-3-2-4-11-18/h2-14H,1H3,(H,21,22). The largest absolute Gasteiger partial charge is 0.457 e. The number of ether oxygens (including phenoxy) is 1. The molecule has 3 heteroatoms. The first-order valence-electron chi connectivity index (χ1n) is 7.42. The summed E-state index contributed by atoms with van der Waals surface area (Å²) in [5.74, 6) is 1.30. The number of carbonyl (C=O) groups excluding carboxylic acids is 1. The van der Waals surface area contributed by atoms with Crippen molar-refractivity contribution in [2.75, 3.05) is 5.32 Å². The van der Waals surface area contributed by atoms with Crippen molar-refractivity contribution in [3.8, 4) is 11.5 Å². The average molecular weight is 303 g/mol. The van der Waals surface area contributed by atoms with Crippen LogP contribution in [0, 0.1) is 6.92 Å². The summed E-state index contributed by atoms with van der Waals surface area (Å²) < 4.78 is 5.77. The van der Waals surface area contributed by atoms with Crippen molar-refractivity contribution in [3.05, 3.63) is 90.0 Å². The minimum Gasteiger partial charge on any atom is -0.457 e. The first kappa shape index (κ1) is 14.9. The van der Waals surface area contributed by atoms with Crippen molar-refractivity contribution in [1.29, 1.82) is 0 Å². The first-order valence-corrected chi connectivity index (χ1v) is 7.42. The lowest BCUT2D eigenvalue weighted by Gasteiger charge is -2.09. The molecule has 0 fully saturated rings. The van der Waals surface area contributed by atoms with E-state index in [1.54, 1.807) is 12.1 Å². The molecular formula is C20H17NO2. The lowest BCUT2D eigenvalue weighted by molar-refractivity contribution is 0.102. The Labute approximate surface area is 135 Å². The van der Waals surface area contributed by atoms with E-state index in [-0.39, 0.29) is 5.91 Å². The summed E-state index contributed by atoms with van der Waals surface area (Å²) >= 11 is 0. The summed E-state index contributed by atoms with van der Waals surface area (Å²) in [4.78, 5) is 12.3. The van der Waals surface area contributed by atoms with E-state index >= 15 is 0 Å². The third kappa shape index (κ3) is 3.98. The number of para-hydroxylation sites is 1. The molecule has 1 N–H and O–H groups in total. The number of amides is 1. The molecule has 3 aromatic rings. The van der Waals surface area contributed by atoms with Gasteiger partial charge in [0.1, 0.15) is 11.5 Å². The number of hydrogen-bond donors (Lipinski definition) is 1. The van der Waals surface area contributed by atoms with Crippen LogP contribution >= 0.6 is 0 Å². The maximum absolute atomic E-state index is 12.3. The van der Waals surface area contributed by atoms with Crippen LogP contribution in [0.4, 0.5) is 5.69 Å². The highest BCUT2D eigenvalue weighted by Crippen LogP contribution is 2.24. The van der Waals surface area contributed by atoms with E-state index in [2.05, 4.69) is 5.32 Å². The SMILES string of the molecule is Cc1cccc(C(=O)Nc2cccc(Oc3ccccc3)c2)c1. The Morgan fingerprint density at radius 1 is 0.826 bits per heavy atom. The molecule has 3 aromatic carbocycles. The summed E-state index contributed by atoms with van der Waals surface area (Å²) in [5, 5.41) is 2.89. The fourth-order valence-corrected chi connectivity index (χ4v) is 2.25. The van der Waals surface area contributed by atoms with Gasteiger partial charge in [-0.25, -0.2) is 0 Å². The normalized spacial score (nSPS) is 10.1. The molecular weight excluding hydrogens is 286 g/mol. The highest BCUT2D eigenvalue weighted by Gasteiger charge is 2.07. The number of aryl methyl sites for hydroxylation is 1. The molecule has 0 aliphatic rings. The van der Waals surface area contributed by atoms with Crippen molar-refractivity contribution in [2.24, 2.45) is 0 Å². The second-order valence-corrected chi connectivity index (χ2v) is 5.27. The van der Waals surface area contributed by atoms with Crippen LogP contribution in [-0.2, 0) is 0 Å². The molecule has 0 aromatic heterocycles. The maximum atomic E-state index is 12.3. The number of rotatable bonds is 4. The van der Waals surface area contributed by atoms with Crippen LogP contribution in [-0.4, -0.2) is 5.91 Å². The van der Waals surface area contributed by atoms with Crippen molar-refractivity contribution < 1.29 is 9.53 Å². The molecule has 1 amide bonds. The number of benzene rings is 3. The average Bonchev–Trinajstić information content (AvgIpc) is 2.56. The summed E-state index contributed by atoms with van der Waals surface area (Å²) in [6, 6.07) is 24.4. The van der Waals surface area contributed by atoms with E-state index in [4.69, 9.17) is 4.74 Å². The lowest BCUT2D eigenvalue weighted by Crippen LogP contribution is -2.11. The molecule has 0 aliphatic heterocycles. The van der Waals surface area contributed by atoms with Gasteiger partial charge in [-0.05, 0) is 43.3 Å².